The molecule has 0 atom stereocenters. The molecule has 0 N–H and O–H groups in total. The lowest BCUT2D eigenvalue weighted by Crippen LogP contribution is -2.07. The van der Waals surface area contributed by atoms with Crippen LogP contribution in [0.4, 0.5) is 13.2 Å². The first-order valence-corrected chi connectivity index (χ1v) is 11.0. The third-order valence-electron chi connectivity index (χ3n) is 4.29. The smallest absolute Gasteiger partial charge is 0.417 e. The Balaban J connectivity index is 2.07. The van der Waals surface area contributed by atoms with Gasteiger partial charge in [0.1, 0.15) is 15.5 Å². The fraction of sp³-hybridized carbons (Fsp3) is 0.333. The minimum absolute atomic E-state index is 0.0481. The van der Waals surface area contributed by atoms with E-state index in [1.54, 1.807) is 31.2 Å². The highest BCUT2D eigenvalue weighted by atomic mass is 79.9. The first-order chi connectivity index (χ1) is 14.3. The lowest BCUT2D eigenvalue weighted by Gasteiger charge is -2.11. The maximum Gasteiger partial charge on any atom is 0.417 e. The summed E-state index contributed by atoms with van der Waals surface area (Å²) in [7, 11) is 0. The van der Waals surface area contributed by atoms with Crippen LogP contribution in [-0.4, -0.2) is 24.2 Å². The summed E-state index contributed by atoms with van der Waals surface area (Å²) < 4.78 is 52.0. The molecule has 0 saturated heterocycles. The van der Waals surface area contributed by atoms with Crippen molar-refractivity contribution in [1.82, 2.24) is 4.98 Å². The SMILES string of the molecule is CCCCOc1ccc(-c2cc(C(F)(F)F)c3c(Br)c(C(=O)OCC)sc3n2)cc1. The lowest BCUT2D eigenvalue weighted by molar-refractivity contribution is -0.136. The molecule has 0 spiro atoms. The van der Waals surface area contributed by atoms with Crippen molar-refractivity contribution in [1.29, 1.82) is 0 Å². The molecule has 0 aliphatic carbocycles. The Morgan fingerprint density at radius 2 is 1.90 bits per heavy atom. The summed E-state index contributed by atoms with van der Waals surface area (Å²) in [6.45, 7) is 4.39. The normalized spacial score (nSPS) is 11.7. The van der Waals surface area contributed by atoms with Gasteiger partial charge in [-0.1, -0.05) is 13.3 Å². The molecule has 3 aromatic rings. The number of halogens is 4. The summed E-state index contributed by atoms with van der Waals surface area (Å²) in [6, 6.07) is 7.76. The second kappa shape index (κ2) is 9.34. The van der Waals surface area contributed by atoms with E-state index in [1.165, 1.54) is 0 Å². The summed E-state index contributed by atoms with van der Waals surface area (Å²) in [5.74, 6) is -0.0385. The van der Waals surface area contributed by atoms with Gasteiger partial charge in [-0.3, -0.25) is 0 Å². The van der Waals surface area contributed by atoms with E-state index in [4.69, 9.17) is 9.47 Å². The average molecular weight is 502 g/mol. The van der Waals surface area contributed by atoms with Gasteiger partial charge in [0.2, 0.25) is 0 Å². The number of unbranched alkanes of at least 4 members (excludes halogenated alkanes) is 1. The van der Waals surface area contributed by atoms with Gasteiger partial charge in [-0.2, -0.15) is 13.2 Å². The van der Waals surface area contributed by atoms with Gasteiger partial charge in [0.15, 0.2) is 0 Å². The van der Waals surface area contributed by atoms with Crippen molar-refractivity contribution in [3.8, 4) is 17.0 Å². The number of carbonyl (C=O) groups is 1. The molecular formula is C21H19BrF3NO3S. The average Bonchev–Trinajstić information content (AvgIpc) is 3.04. The van der Waals surface area contributed by atoms with Crippen molar-refractivity contribution in [2.45, 2.75) is 32.9 Å². The Bertz CT molecular complexity index is 1050. The number of hydrogen-bond donors (Lipinski definition) is 0. The first kappa shape index (κ1) is 22.6. The molecule has 4 nitrogen and oxygen atoms in total. The molecule has 2 heterocycles. The van der Waals surface area contributed by atoms with E-state index >= 15 is 0 Å². The van der Waals surface area contributed by atoms with Crippen LogP contribution in [0, 0.1) is 0 Å². The van der Waals surface area contributed by atoms with E-state index in [2.05, 4.69) is 27.8 Å². The predicted octanol–water partition coefficient (Wildman–Crippen LogP) is 7.10. The van der Waals surface area contributed by atoms with Crippen LogP contribution in [0.3, 0.4) is 0 Å². The Kier molecular flexibility index (Phi) is 7.02. The number of aromatic nitrogens is 1. The first-order valence-electron chi connectivity index (χ1n) is 9.36. The zero-order valence-corrected chi connectivity index (χ0v) is 18.7. The molecule has 0 amide bonds. The third-order valence-corrected chi connectivity index (χ3v) is 6.41. The van der Waals surface area contributed by atoms with Crippen LogP contribution in [0.2, 0.25) is 0 Å². The number of ether oxygens (including phenoxy) is 2. The largest absolute Gasteiger partial charge is 0.494 e. The quantitative estimate of drug-likeness (QED) is 0.256. The van der Waals surface area contributed by atoms with Crippen LogP contribution >= 0.6 is 27.3 Å². The molecule has 0 radical (unpaired) electrons. The van der Waals surface area contributed by atoms with Crippen LogP contribution in [0.15, 0.2) is 34.8 Å². The number of nitrogens with zero attached hydrogens (tertiary/aromatic N) is 1. The summed E-state index contributed by atoms with van der Waals surface area (Å²) in [6.07, 6.45) is -2.69. The predicted molar refractivity (Wildman–Crippen MR) is 114 cm³/mol. The van der Waals surface area contributed by atoms with Gasteiger partial charge in [0, 0.05) is 10.9 Å². The Labute approximate surface area is 184 Å². The van der Waals surface area contributed by atoms with Crippen LogP contribution in [0.5, 0.6) is 5.75 Å². The monoisotopic (exact) mass is 501 g/mol. The molecule has 0 aliphatic heterocycles. The van der Waals surface area contributed by atoms with Crippen molar-refractivity contribution in [3.63, 3.8) is 0 Å². The summed E-state index contributed by atoms with van der Waals surface area (Å²) in [5.41, 5.74) is -0.170. The summed E-state index contributed by atoms with van der Waals surface area (Å²) in [4.78, 5) is 16.7. The van der Waals surface area contributed by atoms with E-state index in [1.807, 2.05) is 0 Å². The van der Waals surface area contributed by atoms with Crippen molar-refractivity contribution in [2.24, 2.45) is 0 Å². The van der Waals surface area contributed by atoms with Gasteiger partial charge in [0.25, 0.3) is 0 Å². The Morgan fingerprint density at radius 3 is 2.50 bits per heavy atom. The topological polar surface area (TPSA) is 48.4 Å². The molecule has 0 saturated carbocycles. The van der Waals surface area contributed by atoms with E-state index in [9.17, 15) is 18.0 Å². The van der Waals surface area contributed by atoms with Gasteiger partial charge in [-0.25, -0.2) is 9.78 Å². The third kappa shape index (κ3) is 4.78. The van der Waals surface area contributed by atoms with Gasteiger partial charge < -0.3 is 9.47 Å². The van der Waals surface area contributed by atoms with Crippen LogP contribution < -0.4 is 4.74 Å². The molecule has 2 aromatic heterocycles. The maximum absolute atomic E-state index is 13.8. The lowest BCUT2D eigenvalue weighted by atomic mass is 10.1. The van der Waals surface area contributed by atoms with Crippen LogP contribution in [0.25, 0.3) is 21.5 Å². The summed E-state index contributed by atoms with van der Waals surface area (Å²) in [5, 5.41) is -0.140. The number of carbonyl (C=O) groups excluding carboxylic acids is 1. The molecular weight excluding hydrogens is 483 g/mol. The molecule has 30 heavy (non-hydrogen) atoms. The number of pyridine rings is 1. The number of thiophene rings is 1. The molecule has 3 rings (SSSR count). The van der Waals surface area contributed by atoms with E-state index < -0.39 is 17.7 Å². The van der Waals surface area contributed by atoms with Gasteiger partial charge in [0.05, 0.1) is 28.9 Å². The minimum atomic E-state index is -4.62. The highest BCUT2D eigenvalue weighted by molar-refractivity contribution is 9.10. The van der Waals surface area contributed by atoms with Crippen LogP contribution in [0.1, 0.15) is 41.9 Å². The number of esters is 1. The van der Waals surface area contributed by atoms with Crippen molar-refractivity contribution < 1.29 is 27.4 Å². The van der Waals surface area contributed by atoms with Crippen LogP contribution in [-0.2, 0) is 10.9 Å². The summed E-state index contributed by atoms with van der Waals surface area (Å²) >= 11 is 4.01. The number of rotatable bonds is 7. The van der Waals surface area contributed by atoms with E-state index in [-0.39, 0.29) is 31.9 Å². The molecule has 0 unspecified atom stereocenters. The molecule has 1 aromatic carbocycles. The number of fused-ring (bicyclic) bond motifs is 1. The second-order valence-electron chi connectivity index (χ2n) is 6.42. The molecule has 9 heteroatoms. The highest BCUT2D eigenvalue weighted by Gasteiger charge is 2.36. The Morgan fingerprint density at radius 1 is 1.20 bits per heavy atom. The fourth-order valence-electron chi connectivity index (χ4n) is 2.82. The standard InChI is InChI=1S/C21H19BrF3NO3S/c1-3-5-10-29-13-8-6-12(7-9-13)15-11-14(21(23,24)25)16-17(22)18(20(27)28-4-2)30-19(16)26-15/h6-9,11H,3-5,10H2,1-2H3. The second-order valence-corrected chi connectivity index (χ2v) is 8.22. The van der Waals surface area contributed by atoms with Gasteiger partial charge >= 0.3 is 12.1 Å². The van der Waals surface area contributed by atoms with Gasteiger partial charge in [-0.15, -0.1) is 11.3 Å². The molecule has 0 bridgehead atoms. The number of hydrogen-bond acceptors (Lipinski definition) is 5. The van der Waals surface area contributed by atoms with E-state index in [0.29, 0.717) is 17.9 Å². The Hall–Kier alpha value is -2.13. The maximum atomic E-state index is 13.8. The van der Waals surface area contributed by atoms with Gasteiger partial charge in [-0.05, 0) is 59.6 Å². The minimum Gasteiger partial charge on any atom is -0.494 e. The zero-order valence-electron chi connectivity index (χ0n) is 16.3. The zero-order chi connectivity index (χ0) is 21.9. The molecule has 0 aliphatic rings. The number of benzene rings is 1. The molecule has 0 fully saturated rings. The highest BCUT2D eigenvalue weighted by Crippen LogP contribution is 2.44. The fourth-order valence-corrected chi connectivity index (χ4v) is 4.74. The van der Waals surface area contributed by atoms with Crippen molar-refractivity contribution >= 4 is 43.5 Å². The van der Waals surface area contributed by atoms with Crippen molar-refractivity contribution in [3.05, 3.63) is 45.2 Å². The number of alkyl halides is 3. The van der Waals surface area contributed by atoms with E-state index in [0.717, 1.165) is 30.2 Å². The molecule has 160 valence electrons. The van der Waals surface area contributed by atoms with Crippen molar-refractivity contribution in [2.75, 3.05) is 13.2 Å².